The molecule has 19 heavy (non-hydrogen) atoms. The van der Waals surface area contributed by atoms with Crippen LogP contribution in [0.1, 0.15) is 32.9 Å². The zero-order chi connectivity index (χ0) is 13.4. The number of carbonyl (C=O) groups excluding carboxylic acids is 1. The lowest BCUT2D eigenvalue weighted by molar-refractivity contribution is 0.102. The molecule has 0 aliphatic heterocycles. The van der Waals surface area contributed by atoms with E-state index in [2.05, 4.69) is 10.3 Å². The van der Waals surface area contributed by atoms with Gasteiger partial charge >= 0.3 is 0 Å². The monoisotopic (exact) mass is 273 g/mol. The van der Waals surface area contributed by atoms with Crippen molar-refractivity contribution in [3.05, 3.63) is 39.9 Å². The predicted octanol–water partition coefficient (Wildman–Crippen LogP) is 2.77. The quantitative estimate of drug-likeness (QED) is 0.827. The summed E-state index contributed by atoms with van der Waals surface area (Å²) in [7, 11) is 0. The van der Waals surface area contributed by atoms with Gasteiger partial charge < -0.3 is 5.73 Å². The number of carbonyl (C=O) groups is 1. The highest BCUT2D eigenvalue weighted by molar-refractivity contribution is 7.16. The molecule has 0 fully saturated rings. The smallest absolute Gasteiger partial charge is 0.257 e. The second-order valence-electron chi connectivity index (χ2n) is 4.77. The number of amides is 1. The summed E-state index contributed by atoms with van der Waals surface area (Å²) in [6.07, 6.45) is 3.29. The first-order chi connectivity index (χ1) is 9.13. The Kier molecular flexibility index (Phi) is 2.98. The maximum atomic E-state index is 12.2. The van der Waals surface area contributed by atoms with Crippen molar-refractivity contribution >= 4 is 28.1 Å². The van der Waals surface area contributed by atoms with E-state index in [4.69, 9.17) is 5.73 Å². The average Bonchev–Trinajstić information content (AvgIpc) is 2.92. The molecule has 98 valence electrons. The van der Waals surface area contributed by atoms with Crippen LogP contribution in [0.4, 0.5) is 10.8 Å². The minimum atomic E-state index is -0.141. The summed E-state index contributed by atoms with van der Waals surface area (Å²) in [5.74, 6) is -0.141. The number of aromatic nitrogens is 1. The van der Waals surface area contributed by atoms with Crippen LogP contribution >= 0.6 is 11.3 Å². The van der Waals surface area contributed by atoms with Gasteiger partial charge in [0.1, 0.15) is 0 Å². The molecule has 0 radical (unpaired) electrons. The second kappa shape index (κ2) is 4.66. The van der Waals surface area contributed by atoms with Crippen LogP contribution in [-0.4, -0.2) is 10.9 Å². The number of fused-ring (bicyclic) bond motifs is 1. The molecule has 5 heteroatoms. The Morgan fingerprint density at radius 3 is 3.05 bits per heavy atom. The van der Waals surface area contributed by atoms with Gasteiger partial charge in [0, 0.05) is 16.1 Å². The number of nitrogens with zero attached hydrogens (tertiary/aromatic N) is 1. The molecule has 1 aromatic heterocycles. The Balaban J connectivity index is 1.82. The van der Waals surface area contributed by atoms with E-state index in [-0.39, 0.29) is 5.91 Å². The van der Waals surface area contributed by atoms with Gasteiger partial charge in [-0.2, -0.15) is 0 Å². The number of hydrogen-bond acceptors (Lipinski definition) is 4. The van der Waals surface area contributed by atoms with Crippen molar-refractivity contribution in [1.82, 2.24) is 4.98 Å². The van der Waals surface area contributed by atoms with E-state index in [1.165, 1.54) is 11.3 Å². The molecule has 1 amide bonds. The average molecular weight is 273 g/mol. The third-order valence-corrected chi connectivity index (χ3v) is 4.40. The molecule has 1 aliphatic carbocycles. The van der Waals surface area contributed by atoms with Crippen molar-refractivity contribution in [2.45, 2.75) is 26.2 Å². The SMILES string of the molecule is Cc1ccc(N)cc1C(=O)Nc1nc2c(s1)CCC2. The van der Waals surface area contributed by atoms with Crippen molar-refractivity contribution in [2.24, 2.45) is 0 Å². The van der Waals surface area contributed by atoms with E-state index in [1.54, 1.807) is 23.5 Å². The Morgan fingerprint density at radius 1 is 1.42 bits per heavy atom. The minimum Gasteiger partial charge on any atom is -0.399 e. The highest BCUT2D eigenvalue weighted by Crippen LogP contribution is 2.30. The van der Waals surface area contributed by atoms with E-state index in [9.17, 15) is 4.79 Å². The van der Waals surface area contributed by atoms with Crippen LogP contribution in [0.2, 0.25) is 0 Å². The molecular formula is C14H15N3OS. The van der Waals surface area contributed by atoms with Gasteiger partial charge in [0.2, 0.25) is 0 Å². The van der Waals surface area contributed by atoms with Crippen LogP contribution in [0.3, 0.4) is 0 Å². The maximum absolute atomic E-state index is 12.2. The molecule has 2 aromatic rings. The lowest BCUT2D eigenvalue weighted by Crippen LogP contribution is -2.13. The van der Waals surface area contributed by atoms with Crippen molar-refractivity contribution in [1.29, 1.82) is 0 Å². The Morgan fingerprint density at radius 2 is 2.26 bits per heavy atom. The standard InChI is InChI=1S/C14H15N3OS/c1-8-5-6-9(15)7-10(8)13(18)17-14-16-11-3-2-4-12(11)19-14/h5-7H,2-4,15H2,1H3,(H,16,17,18). The summed E-state index contributed by atoms with van der Waals surface area (Å²) in [5.41, 5.74) is 8.98. The topological polar surface area (TPSA) is 68.0 Å². The molecule has 3 rings (SSSR count). The fraction of sp³-hybridized carbons (Fsp3) is 0.286. The summed E-state index contributed by atoms with van der Waals surface area (Å²) in [4.78, 5) is 18.0. The molecule has 1 aromatic carbocycles. The molecule has 3 N–H and O–H groups in total. The molecule has 1 aliphatic rings. The van der Waals surface area contributed by atoms with Gasteiger partial charge in [-0.3, -0.25) is 10.1 Å². The van der Waals surface area contributed by atoms with E-state index in [0.717, 1.165) is 24.1 Å². The number of nitrogens with two attached hydrogens (primary N) is 1. The van der Waals surface area contributed by atoms with Gasteiger partial charge in [-0.15, -0.1) is 11.3 Å². The molecule has 0 unspecified atom stereocenters. The summed E-state index contributed by atoms with van der Waals surface area (Å²) in [5, 5.41) is 3.56. The summed E-state index contributed by atoms with van der Waals surface area (Å²) in [6, 6.07) is 5.35. The maximum Gasteiger partial charge on any atom is 0.257 e. The van der Waals surface area contributed by atoms with Gasteiger partial charge in [-0.1, -0.05) is 6.07 Å². The molecule has 0 spiro atoms. The Bertz CT molecular complexity index is 627. The number of aryl methyl sites for hydroxylation is 3. The summed E-state index contributed by atoms with van der Waals surface area (Å²) < 4.78 is 0. The number of hydrogen-bond donors (Lipinski definition) is 2. The van der Waals surface area contributed by atoms with Crippen molar-refractivity contribution in [3.8, 4) is 0 Å². The zero-order valence-electron chi connectivity index (χ0n) is 10.7. The van der Waals surface area contributed by atoms with E-state index in [0.29, 0.717) is 16.4 Å². The third-order valence-electron chi connectivity index (χ3n) is 3.32. The van der Waals surface area contributed by atoms with Gasteiger partial charge in [-0.05, 0) is 43.9 Å². The number of rotatable bonds is 2. The lowest BCUT2D eigenvalue weighted by atomic mass is 10.1. The van der Waals surface area contributed by atoms with Gasteiger partial charge in [0.05, 0.1) is 5.69 Å². The Labute approximate surface area is 115 Å². The highest BCUT2D eigenvalue weighted by Gasteiger charge is 2.18. The number of nitrogens with one attached hydrogen (secondary N) is 1. The molecular weight excluding hydrogens is 258 g/mol. The Hall–Kier alpha value is -1.88. The van der Waals surface area contributed by atoms with Crippen LogP contribution in [-0.2, 0) is 12.8 Å². The third kappa shape index (κ3) is 2.33. The second-order valence-corrected chi connectivity index (χ2v) is 5.85. The van der Waals surface area contributed by atoms with Gasteiger partial charge in [-0.25, -0.2) is 4.98 Å². The number of nitrogen functional groups attached to an aromatic ring is 1. The number of anilines is 2. The van der Waals surface area contributed by atoms with E-state index >= 15 is 0 Å². The lowest BCUT2D eigenvalue weighted by Gasteiger charge is -2.06. The summed E-state index contributed by atoms with van der Waals surface area (Å²) in [6.45, 7) is 1.90. The van der Waals surface area contributed by atoms with Crippen molar-refractivity contribution in [3.63, 3.8) is 0 Å². The first-order valence-electron chi connectivity index (χ1n) is 6.29. The number of benzene rings is 1. The van der Waals surface area contributed by atoms with E-state index in [1.807, 2.05) is 13.0 Å². The fourth-order valence-electron chi connectivity index (χ4n) is 2.29. The summed E-state index contributed by atoms with van der Waals surface area (Å²) >= 11 is 1.58. The first-order valence-corrected chi connectivity index (χ1v) is 7.11. The first kappa shape index (κ1) is 12.2. The minimum absolute atomic E-state index is 0.141. The van der Waals surface area contributed by atoms with Crippen LogP contribution < -0.4 is 11.1 Å². The van der Waals surface area contributed by atoms with Crippen LogP contribution in [0.15, 0.2) is 18.2 Å². The highest BCUT2D eigenvalue weighted by atomic mass is 32.1. The fourth-order valence-corrected chi connectivity index (χ4v) is 3.34. The van der Waals surface area contributed by atoms with Crippen molar-refractivity contribution < 1.29 is 4.79 Å². The van der Waals surface area contributed by atoms with Crippen LogP contribution in [0, 0.1) is 6.92 Å². The molecule has 0 saturated heterocycles. The van der Waals surface area contributed by atoms with E-state index < -0.39 is 0 Å². The van der Waals surface area contributed by atoms with Gasteiger partial charge in [0.25, 0.3) is 5.91 Å². The molecule has 4 nitrogen and oxygen atoms in total. The van der Waals surface area contributed by atoms with Crippen molar-refractivity contribution in [2.75, 3.05) is 11.1 Å². The number of thiazole rings is 1. The molecule has 1 heterocycles. The largest absolute Gasteiger partial charge is 0.399 e. The van der Waals surface area contributed by atoms with Gasteiger partial charge in [0.15, 0.2) is 5.13 Å². The zero-order valence-corrected chi connectivity index (χ0v) is 11.5. The molecule has 0 saturated carbocycles. The van der Waals surface area contributed by atoms with Crippen LogP contribution in [0.5, 0.6) is 0 Å². The van der Waals surface area contributed by atoms with Crippen LogP contribution in [0.25, 0.3) is 0 Å². The predicted molar refractivity (Wildman–Crippen MR) is 77.7 cm³/mol. The molecule has 0 atom stereocenters. The normalized spacial score (nSPS) is 13.3. The molecule has 0 bridgehead atoms.